The first kappa shape index (κ1) is 12.1. The van der Waals surface area contributed by atoms with E-state index in [1.165, 1.54) is 11.3 Å². The molecule has 0 radical (unpaired) electrons. The number of benzene rings is 1. The molecule has 1 aromatic carbocycles. The van der Waals surface area contributed by atoms with E-state index in [1.54, 1.807) is 13.3 Å². The molecule has 0 fully saturated rings. The average molecular weight is 257 g/mol. The molecule has 1 aliphatic heterocycles. The molecular formula is C15H19N3O. The third-order valence-electron chi connectivity index (χ3n) is 3.90. The Labute approximate surface area is 113 Å². The number of nitrogens with zero attached hydrogens (tertiary/aromatic N) is 2. The lowest BCUT2D eigenvalue weighted by Crippen LogP contribution is -2.28. The summed E-state index contributed by atoms with van der Waals surface area (Å²) in [6.45, 7) is 2.26. The van der Waals surface area contributed by atoms with Gasteiger partial charge in [0.1, 0.15) is 5.69 Å². The second-order valence-corrected chi connectivity index (χ2v) is 5.18. The summed E-state index contributed by atoms with van der Waals surface area (Å²) in [5.74, 6) is 1.35. The smallest absolute Gasteiger partial charge is 0.162 e. The van der Waals surface area contributed by atoms with Crippen LogP contribution in [-0.4, -0.2) is 16.9 Å². The van der Waals surface area contributed by atoms with Gasteiger partial charge in [0.25, 0.3) is 0 Å². The van der Waals surface area contributed by atoms with Crippen molar-refractivity contribution in [3.63, 3.8) is 0 Å². The molecule has 0 spiro atoms. The van der Waals surface area contributed by atoms with Crippen LogP contribution in [0.5, 0.6) is 5.75 Å². The first-order chi connectivity index (χ1) is 9.20. The molecule has 2 unspecified atom stereocenters. The average Bonchev–Trinajstić information content (AvgIpc) is 2.79. The molecule has 0 amide bonds. The number of methoxy groups -OCH3 is 1. The monoisotopic (exact) mass is 257 g/mol. The van der Waals surface area contributed by atoms with Crippen molar-refractivity contribution in [3.8, 4) is 5.75 Å². The molecule has 0 aliphatic carbocycles. The molecule has 2 aromatic rings. The van der Waals surface area contributed by atoms with Crippen LogP contribution in [0.25, 0.3) is 0 Å². The molecule has 1 aliphatic rings. The van der Waals surface area contributed by atoms with Gasteiger partial charge in [-0.05, 0) is 24.0 Å². The summed E-state index contributed by atoms with van der Waals surface area (Å²) in [5, 5.41) is 7.93. The number of hydrogen-bond acceptors (Lipinski definition) is 3. The minimum Gasteiger partial charge on any atom is -0.493 e. The van der Waals surface area contributed by atoms with Gasteiger partial charge in [0.15, 0.2) is 5.75 Å². The van der Waals surface area contributed by atoms with Crippen molar-refractivity contribution >= 4 is 5.69 Å². The Balaban J connectivity index is 2.00. The first-order valence-corrected chi connectivity index (χ1v) is 6.61. The number of fused-ring (bicyclic) bond motifs is 1. The number of aryl methyl sites for hydroxylation is 1. The minimum atomic E-state index is 0.234. The van der Waals surface area contributed by atoms with E-state index in [0.717, 1.165) is 17.9 Å². The summed E-state index contributed by atoms with van der Waals surface area (Å²) < 4.78 is 7.34. The van der Waals surface area contributed by atoms with Gasteiger partial charge < -0.3 is 10.1 Å². The Morgan fingerprint density at radius 1 is 1.37 bits per heavy atom. The largest absolute Gasteiger partial charge is 0.493 e. The Kier molecular flexibility index (Phi) is 2.93. The summed E-state index contributed by atoms with van der Waals surface area (Å²) >= 11 is 0. The Morgan fingerprint density at radius 3 is 2.95 bits per heavy atom. The molecule has 19 heavy (non-hydrogen) atoms. The summed E-state index contributed by atoms with van der Waals surface area (Å²) in [5.41, 5.74) is 3.71. The highest BCUT2D eigenvalue weighted by molar-refractivity contribution is 5.55. The molecule has 4 heteroatoms. The highest BCUT2D eigenvalue weighted by Crippen LogP contribution is 2.39. The zero-order valence-electron chi connectivity index (χ0n) is 11.6. The number of anilines is 1. The zero-order chi connectivity index (χ0) is 13.4. The lowest BCUT2D eigenvalue weighted by molar-refractivity contribution is 0.387. The number of aromatic nitrogens is 2. The molecule has 3 rings (SSSR count). The van der Waals surface area contributed by atoms with Gasteiger partial charge in [0, 0.05) is 12.7 Å². The van der Waals surface area contributed by atoms with Crippen molar-refractivity contribution in [1.29, 1.82) is 0 Å². The number of hydrogen-bond donors (Lipinski definition) is 1. The van der Waals surface area contributed by atoms with Crippen LogP contribution in [0.3, 0.4) is 0 Å². The van der Waals surface area contributed by atoms with Crippen molar-refractivity contribution in [2.45, 2.75) is 19.4 Å². The summed E-state index contributed by atoms with van der Waals surface area (Å²) in [7, 11) is 3.66. The van der Waals surface area contributed by atoms with Gasteiger partial charge in [0.05, 0.1) is 19.3 Å². The van der Waals surface area contributed by atoms with Crippen molar-refractivity contribution in [1.82, 2.24) is 9.78 Å². The summed E-state index contributed by atoms with van der Waals surface area (Å²) in [4.78, 5) is 0. The van der Waals surface area contributed by atoms with E-state index in [9.17, 15) is 0 Å². The van der Waals surface area contributed by atoms with Gasteiger partial charge in [0.2, 0.25) is 0 Å². The highest BCUT2D eigenvalue weighted by atomic mass is 16.5. The maximum atomic E-state index is 5.43. The highest BCUT2D eigenvalue weighted by Gasteiger charge is 2.30. The zero-order valence-corrected chi connectivity index (χ0v) is 11.6. The molecule has 2 atom stereocenters. The number of ether oxygens (including phenoxy) is 1. The molecule has 0 saturated carbocycles. The fourth-order valence-corrected chi connectivity index (χ4v) is 2.89. The maximum absolute atomic E-state index is 5.43. The van der Waals surface area contributed by atoms with Gasteiger partial charge in [-0.3, -0.25) is 4.68 Å². The van der Waals surface area contributed by atoms with Crippen LogP contribution in [0.4, 0.5) is 5.69 Å². The van der Waals surface area contributed by atoms with Crippen LogP contribution in [0.15, 0.2) is 30.5 Å². The first-order valence-electron chi connectivity index (χ1n) is 6.61. The third-order valence-corrected chi connectivity index (χ3v) is 3.90. The second-order valence-electron chi connectivity index (χ2n) is 5.18. The topological polar surface area (TPSA) is 39.1 Å². The van der Waals surface area contributed by atoms with Crippen LogP contribution in [0.1, 0.15) is 24.2 Å². The van der Waals surface area contributed by atoms with Crippen LogP contribution < -0.4 is 10.1 Å². The fraction of sp³-hybridized carbons (Fsp3) is 0.400. The molecule has 100 valence electrons. The van der Waals surface area contributed by atoms with Gasteiger partial charge in [-0.1, -0.05) is 25.1 Å². The Bertz CT molecular complexity index is 591. The maximum Gasteiger partial charge on any atom is 0.162 e. The van der Waals surface area contributed by atoms with Crippen molar-refractivity contribution in [2.75, 3.05) is 12.4 Å². The van der Waals surface area contributed by atoms with Crippen LogP contribution in [0.2, 0.25) is 0 Å². The van der Waals surface area contributed by atoms with E-state index in [2.05, 4.69) is 41.6 Å². The fourth-order valence-electron chi connectivity index (χ4n) is 2.89. The molecule has 1 aromatic heterocycles. The minimum absolute atomic E-state index is 0.234. The molecule has 2 heterocycles. The predicted molar refractivity (Wildman–Crippen MR) is 75.4 cm³/mol. The normalized spacial score (nSPS) is 21.6. The number of nitrogens with one attached hydrogen (secondary N) is 1. The molecule has 0 bridgehead atoms. The number of para-hydroxylation sites is 1. The van der Waals surface area contributed by atoms with Crippen molar-refractivity contribution in [3.05, 3.63) is 41.7 Å². The van der Waals surface area contributed by atoms with Gasteiger partial charge in [-0.25, -0.2) is 0 Å². The second kappa shape index (κ2) is 4.61. The van der Waals surface area contributed by atoms with E-state index < -0.39 is 0 Å². The van der Waals surface area contributed by atoms with E-state index >= 15 is 0 Å². The van der Waals surface area contributed by atoms with Crippen LogP contribution in [-0.2, 0) is 13.5 Å². The Morgan fingerprint density at radius 2 is 2.16 bits per heavy atom. The molecule has 1 N–H and O–H groups in total. The third kappa shape index (κ3) is 1.97. The SMILES string of the molecule is COc1cnn(C)c1C1Nc2ccccc2CC1C. The van der Waals surface area contributed by atoms with Gasteiger partial charge >= 0.3 is 0 Å². The van der Waals surface area contributed by atoms with E-state index in [4.69, 9.17) is 4.74 Å². The van der Waals surface area contributed by atoms with Crippen LogP contribution >= 0.6 is 0 Å². The number of rotatable bonds is 2. The Hall–Kier alpha value is -1.97. The van der Waals surface area contributed by atoms with E-state index in [-0.39, 0.29) is 6.04 Å². The standard InChI is InChI=1S/C15H19N3O/c1-10-8-11-6-4-5-7-12(11)17-14(10)15-13(19-3)9-16-18(15)2/h4-7,9-10,14,17H,8H2,1-3H3. The van der Waals surface area contributed by atoms with E-state index in [0.29, 0.717) is 5.92 Å². The van der Waals surface area contributed by atoms with Crippen molar-refractivity contribution < 1.29 is 4.74 Å². The van der Waals surface area contributed by atoms with Crippen molar-refractivity contribution in [2.24, 2.45) is 13.0 Å². The van der Waals surface area contributed by atoms with E-state index in [1.807, 2.05) is 11.7 Å². The summed E-state index contributed by atoms with van der Waals surface area (Å²) in [6, 6.07) is 8.72. The lowest BCUT2D eigenvalue weighted by Gasteiger charge is -2.33. The molecule has 0 saturated heterocycles. The molecule has 4 nitrogen and oxygen atoms in total. The molecular weight excluding hydrogens is 238 g/mol. The lowest BCUT2D eigenvalue weighted by atomic mass is 9.87. The van der Waals surface area contributed by atoms with Gasteiger partial charge in [-0.2, -0.15) is 5.10 Å². The quantitative estimate of drug-likeness (QED) is 0.899. The summed E-state index contributed by atoms with van der Waals surface area (Å²) in [6.07, 6.45) is 2.85. The van der Waals surface area contributed by atoms with Crippen LogP contribution in [0, 0.1) is 5.92 Å². The van der Waals surface area contributed by atoms with Gasteiger partial charge in [-0.15, -0.1) is 0 Å². The predicted octanol–water partition coefficient (Wildman–Crippen LogP) is 2.77.